The quantitative estimate of drug-likeness (QED) is 0.0844. The van der Waals surface area contributed by atoms with Gasteiger partial charge in [-0.15, -0.1) is 0 Å². The highest BCUT2D eigenvalue weighted by molar-refractivity contribution is 7.09. The number of nitrogens with two attached hydrogens (primary N) is 1. The fourth-order valence-electron chi connectivity index (χ4n) is 3.70. The largest absolute Gasteiger partial charge is 0.494 e. The third kappa shape index (κ3) is 9.57. The van der Waals surface area contributed by atoms with E-state index in [4.69, 9.17) is 20.4 Å². The fraction of sp³-hybridized carbons (Fsp3) is 0.600. The Bertz CT molecular complexity index is 790. The molecule has 0 atom stereocenters. The van der Waals surface area contributed by atoms with Crippen molar-refractivity contribution in [1.82, 2.24) is 0 Å². The Morgan fingerprint density at radius 2 is 1.59 bits per heavy atom. The summed E-state index contributed by atoms with van der Waals surface area (Å²) in [5.74, 6) is 0.932. The van der Waals surface area contributed by atoms with Crippen LogP contribution < -0.4 is 15.0 Å². The second-order valence-corrected chi connectivity index (χ2v) is 9.15. The molecular formula is C25H40N3O3S+. The van der Waals surface area contributed by atoms with Crippen LogP contribution >= 0.6 is 11.3 Å². The first kappa shape index (κ1) is 26.1. The van der Waals surface area contributed by atoms with E-state index in [9.17, 15) is 0 Å². The summed E-state index contributed by atoms with van der Waals surface area (Å²) >= 11 is 1.86. The van der Waals surface area contributed by atoms with E-state index >= 15 is 0 Å². The number of oxime groups is 1. The Balaban J connectivity index is 1.41. The van der Waals surface area contributed by atoms with Crippen LogP contribution in [0.5, 0.6) is 5.75 Å². The van der Waals surface area contributed by atoms with Gasteiger partial charge in [0.05, 0.1) is 18.1 Å². The van der Waals surface area contributed by atoms with Crippen LogP contribution in [0.4, 0.5) is 0 Å². The van der Waals surface area contributed by atoms with Crippen molar-refractivity contribution in [3.63, 3.8) is 0 Å². The van der Waals surface area contributed by atoms with E-state index in [0.29, 0.717) is 5.56 Å². The van der Waals surface area contributed by atoms with Crippen LogP contribution in [0.25, 0.3) is 0 Å². The number of hydrogen-bond acceptors (Lipinski definition) is 5. The van der Waals surface area contributed by atoms with Crippen molar-refractivity contribution in [2.24, 2.45) is 10.9 Å². The molecule has 1 aromatic heterocycles. The number of thiazole rings is 1. The van der Waals surface area contributed by atoms with Crippen molar-refractivity contribution in [1.29, 1.82) is 0 Å². The van der Waals surface area contributed by atoms with Crippen molar-refractivity contribution in [2.45, 2.75) is 77.7 Å². The summed E-state index contributed by atoms with van der Waals surface area (Å²) in [6.45, 7) is 4.91. The van der Waals surface area contributed by atoms with E-state index in [1.54, 1.807) is 19.2 Å². The molecular weight excluding hydrogens is 422 g/mol. The molecule has 0 unspecified atom stereocenters. The molecule has 0 amide bonds. The number of unbranched alkanes of at least 4 members (excludes halogenated alkanes) is 8. The predicted octanol–water partition coefficient (Wildman–Crippen LogP) is 5.22. The molecule has 32 heavy (non-hydrogen) atoms. The van der Waals surface area contributed by atoms with E-state index in [1.807, 2.05) is 23.5 Å². The lowest BCUT2D eigenvalue weighted by atomic mass is 10.1. The van der Waals surface area contributed by atoms with Gasteiger partial charge in [-0.05, 0) is 37.1 Å². The summed E-state index contributed by atoms with van der Waals surface area (Å²) in [5, 5.41) is 11.7. The maximum atomic E-state index is 8.68. The van der Waals surface area contributed by atoms with Gasteiger partial charge in [0.15, 0.2) is 11.5 Å². The Kier molecular flexibility index (Phi) is 12.8. The molecule has 1 aromatic carbocycles. The normalized spacial score (nSPS) is 11.8. The molecule has 2 aromatic rings. The minimum atomic E-state index is 0.111. The Morgan fingerprint density at radius 1 is 0.969 bits per heavy atom. The van der Waals surface area contributed by atoms with Crippen LogP contribution in [0.15, 0.2) is 34.9 Å². The summed E-state index contributed by atoms with van der Waals surface area (Å²) in [6.07, 6.45) is 12.5. The fourth-order valence-corrected chi connectivity index (χ4v) is 4.71. The third-order valence-corrected chi connectivity index (χ3v) is 6.90. The number of ether oxygens (including phenoxy) is 2. The zero-order chi connectivity index (χ0) is 23.0. The van der Waals surface area contributed by atoms with Gasteiger partial charge in [-0.2, -0.15) is 4.57 Å². The molecule has 0 aliphatic heterocycles. The first-order chi connectivity index (χ1) is 15.7. The molecule has 0 spiro atoms. The SMILES string of the molecule is COCCc1sc[n+](CCCCCCCCCCCOc2ccc(/C(N)=N/O)cc2)c1C. The molecule has 0 fully saturated rings. The molecule has 2 rings (SSSR count). The molecule has 7 heteroatoms. The van der Waals surface area contributed by atoms with Crippen LogP contribution in [0.3, 0.4) is 0 Å². The lowest BCUT2D eigenvalue weighted by molar-refractivity contribution is -0.698. The standard InChI is InChI=1S/C25H39N3O3S/c1-21-24(16-19-30-2)32-20-28(21)17-10-8-6-4-3-5-7-9-11-18-31-23-14-12-22(13-15-23)25(26)27-29/h12-15,20H,3-11,16-19H2,1-2H3,(H2-,26,27,29)/p+1. The van der Waals surface area contributed by atoms with Crippen molar-refractivity contribution in [3.8, 4) is 5.75 Å². The molecule has 0 bridgehead atoms. The van der Waals surface area contributed by atoms with Gasteiger partial charge in [0, 0.05) is 32.4 Å². The first-order valence-corrected chi connectivity index (χ1v) is 12.7. The van der Waals surface area contributed by atoms with Crippen molar-refractivity contribution >= 4 is 17.2 Å². The van der Waals surface area contributed by atoms with E-state index < -0.39 is 0 Å². The molecule has 0 saturated heterocycles. The van der Waals surface area contributed by atoms with Gasteiger partial charge in [0.2, 0.25) is 5.51 Å². The summed E-state index contributed by atoms with van der Waals surface area (Å²) in [5.41, 5.74) is 9.92. The Hall–Kier alpha value is -2.12. The first-order valence-electron chi connectivity index (χ1n) is 11.8. The highest BCUT2D eigenvalue weighted by Crippen LogP contribution is 2.15. The lowest BCUT2D eigenvalue weighted by Crippen LogP contribution is -2.34. The van der Waals surface area contributed by atoms with Crippen molar-refractivity contribution < 1.29 is 19.2 Å². The van der Waals surface area contributed by atoms with Crippen LogP contribution in [0, 0.1) is 6.92 Å². The zero-order valence-electron chi connectivity index (χ0n) is 19.7. The van der Waals surface area contributed by atoms with Gasteiger partial charge in [0.1, 0.15) is 12.3 Å². The van der Waals surface area contributed by atoms with Crippen LogP contribution in [0.2, 0.25) is 0 Å². The molecule has 3 N–H and O–H groups in total. The average Bonchev–Trinajstić information content (AvgIpc) is 3.17. The van der Waals surface area contributed by atoms with E-state index in [0.717, 1.165) is 38.3 Å². The molecule has 178 valence electrons. The number of aryl methyl sites for hydroxylation is 1. The van der Waals surface area contributed by atoms with Gasteiger partial charge in [0.25, 0.3) is 0 Å². The molecule has 0 radical (unpaired) electrons. The smallest absolute Gasteiger partial charge is 0.225 e. The monoisotopic (exact) mass is 462 g/mol. The topological polar surface area (TPSA) is 81.0 Å². The molecule has 0 aliphatic carbocycles. The van der Waals surface area contributed by atoms with Crippen LogP contribution in [-0.2, 0) is 17.7 Å². The van der Waals surface area contributed by atoms with E-state index in [-0.39, 0.29) is 5.84 Å². The number of hydrogen-bond donors (Lipinski definition) is 2. The summed E-state index contributed by atoms with van der Waals surface area (Å²) in [6, 6.07) is 7.30. The van der Waals surface area contributed by atoms with E-state index in [2.05, 4.69) is 22.2 Å². The van der Waals surface area contributed by atoms with Gasteiger partial charge >= 0.3 is 0 Å². The molecule has 6 nitrogen and oxygen atoms in total. The summed E-state index contributed by atoms with van der Waals surface area (Å²) in [4.78, 5) is 1.45. The average molecular weight is 463 g/mol. The molecule has 0 aliphatic rings. The van der Waals surface area contributed by atoms with Crippen molar-refractivity contribution in [2.75, 3.05) is 20.3 Å². The maximum absolute atomic E-state index is 8.68. The zero-order valence-corrected chi connectivity index (χ0v) is 20.5. The number of aromatic nitrogens is 1. The third-order valence-electron chi connectivity index (χ3n) is 5.76. The lowest BCUT2D eigenvalue weighted by Gasteiger charge is -2.07. The van der Waals surface area contributed by atoms with E-state index in [1.165, 1.54) is 61.9 Å². The van der Waals surface area contributed by atoms with Crippen molar-refractivity contribution in [3.05, 3.63) is 45.9 Å². The highest BCUT2D eigenvalue weighted by Gasteiger charge is 2.14. The second-order valence-electron chi connectivity index (χ2n) is 8.21. The minimum absolute atomic E-state index is 0.111. The molecule has 1 heterocycles. The Labute approximate surface area is 197 Å². The van der Waals surface area contributed by atoms with Gasteiger partial charge < -0.3 is 20.4 Å². The second kappa shape index (κ2) is 15.6. The Morgan fingerprint density at radius 3 is 2.22 bits per heavy atom. The van der Waals surface area contributed by atoms with Crippen LogP contribution in [0.1, 0.15) is 73.9 Å². The highest BCUT2D eigenvalue weighted by atomic mass is 32.1. The van der Waals surface area contributed by atoms with Gasteiger partial charge in [-0.25, -0.2) is 0 Å². The maximum Gasteiger partial charge on any atom is 0.225 e. The predicted molar refractivity (Wildman–Crippen MR) is 131 cm³/mol. The number of methoxy groups -OCH3 is 1. The van der Waals surface area contributed by atoms with Gasteiger partial charge in [-0.1, -0.05) is 55.0 Å². The summed E-state index contributed by atoms with van der Waals surface area (Å²) < 4.78 is 13.4. The van der Waals surface area contributed by atoms with Gasteiger partial charge in [-0.3, -0.25) is 0 Å². The number of benzene rings is 1. The number of amidine groups is 1. The number of nitrogens with zero attached hydrogens (tertiary/aromatic N) is 2. The number of rotatable bonds is 17. The molecule has 0 saturated carbocycles. The minimum Gasteiger partial charge on any atom is -0.494 e. The van der Waals surface area contributed by atoms with Crippen LogP contribution in [-0.4, -0.2) is 31.4 Å². The summed E-state index contributed by atoms with van der Waals surface area (Å²) in [7, 11) is 1.77.